The minimum atomic E-state index is -0.324. The van der Waals surface area contributed by atoms with E-state index in [1.54, 1.807) is 24.5 Å². The Hall–Kier alpha value is -3.84. The molecule has 1 N–H and O–H groups in total. The molecule has 1 unspecified atom stereocenters. The third-order valence-corrected chi connectivity index (χ3v) is 5.52. The molecular weight excluding hydrogens is 406 g/mol. The first kappa shape index (κ1) is 20.1. The normalized spacial score (nSPS) is 16.1. The zero-order chi connectivity index (χ0) is 22.1. The van der Waals surface area contributed by atoms with E-state index < -0.39 is 0 Å². The van der Waals surface area contributed by atoms with Crippen molar-refractivity contribution in [1.29, 1.82) is 0 Å². The lowest BCUT2D eigenvalue weighted by Crippen LogP contribution is -2.36. The van der Waals surface area contributed by atoms with Crippen LogP contribution >= 0.6 is 0 Å². The van der Waals surface area contributed by atoms with Gasteiger partial charge in [0.15, 0.2) is 5.76 Å². The number of phenols is 1. The number of rotatable bonds is 6. The van der Waals surface area contributed by atoms with Gasteiger partial charge in [0, 0.05) is 18.4 Å². The highest BCUT2D eigenvalue weighted by molar-refractivity contribution is 6.03. The van der Waals surface area contributed by atoms with Crippen molar-refractivity contribution >= 4 is 22.6 Å². The number of fused-ring (bicyclic) bond motifs is 1. The number of hydrogen-bond acceptors (Lipinski definition) is 6. The average molecular weight is 429 g/mol. The molecule has 0 bridgehead atoms. The van der Waals surface area contributed by atoms with Crippen LogP contribution < -0.4 is 0 Å². The quantitative estimate of drug-likeness (QED) is 0.487. The van der Waals surface area contributed by atoms with Crippen LogP contribution in [0.5, 0.6) is 5.75 Å². The van der Waals surface area contributed by atoms with Crippen LogP contribution in [0.4, 0.5) is 0 Å². The van der Waals surface area contributed by atoms with Crippen LogP contribution in [0, 0.1) is 0 Å². The lowest BCUT2D eigenvalue weighted by Gasteiger charge is -2.23. The summed E-state index contributed by atoms with van der Waals surface area (Å²) in [6, 6.07) is 20.1. The summed E-state index contributed by atoms with van der Waals surface area (Å²) in [4.78, 5) is 15.1. The van der Waals surface area contributed by atoms with Gasteiger partial charge in [-0.1, -0.05) is 30.3 Å². The van der Waals surface area contributed by atoms with Crippen molar-refractivity contribution in [1.82, 2.24) is 9.91 Å². The van der Waals surface area contributed by atoms with E-state index in [2.05, 4.69) is 5.10 Å². The van der Waals surface area contributed by atoms with Crippen LogP contribution in [0.2, 0.25) is 0 Å². The van der Waals surface area contributed by atoms with Crippen molar-refractivity contribution in [2.24, 2.45) is 5.10 Å². The SMILES string of the molecule is CN(CC(=O)N1N=C(c2cc3ccccc3o2)CC1c1ccco1)Cc1cccc(O)c1. The number of furan rings is 2. The molecule has 7 heteroatoms. The van der Waals surface area contributed by atoms with E-state index in [1.165, 1.54) is 5.01 Å². The lowest BCUT2D eigenvalue weighted by atomic mass is 10.1. The Morgan fingerprint density at radius 1 is 1.16 bits per heavy atom. The van der Waals surface area contributed by atoms with Crippen LogP contribution in [-0.2, 0) is 11.3 Å². The van der Waals surface area contributed by atoms with Gasteiger partial charge in [0.1, 0.15) is 28.8 Å². The predicted octanol–water partition coefficient (Wildman–Crippen LogP) is 4.54. The molecular formula is C25H23N3O4. The van der Waals surface area contributed by atoms with Crippen molar-refractivity contribution in [3.63, 3.8) is 0 Å². The third kappa shape index (κ3) is 4.02. The molecule has 7 nitrogen and oxygen atoms in total. The number of phenolic OH excluding ortho intramolecular Hbond substituents is 1. The Morgan fingerprint density at radius 3 is 2.81 bits per heavy atom. The average Bonchev–Trinajstić information content (AvgIpc) is 3.51. The molecule has 3 heterocycles. The number of likely N-dealkylation sites (N-methyl/N-ethyl adjacent to an activating group) is 1. The zero-order valence-corrected chi connectivity index (χ0v) is 17.6. The maximum absolute atomic E-state index is 13.2. The van der Waals surface area contributed by atoms with Crippen molar-refractivity contribution < 1.29 is 18.7 Å². The number of amides is 1. The van der Waals surface area contributed by atoms with Gasteiger partial charge < -0.3 is 13.9 Å². The maximum Gasteiger partial charge on any atom is 0.257 e. The molecule has 32 heavy (non-hydrogen) atoms. The Kier molecular flexibility index (Phi) is 5.25. The Bertz CT molecular complexity index is 1240. The summed E-state index contributed by atoms with van der Waals surface area (Å²) in [7, 11) is 1.86. The number of carbonyl (C=O) groups excluding carboxylic acids is 1. The highest BCUT2D eigenvalue weighted by atomic mass is 16.3. The molecule has 1 amide bonds. The fourth-order valence-electron chi connectivity index (χ4n) is 4.04. The van der Waals surface area contributed by atoms with Crippen LogP contribution in [0.3, 0.4) is 0 Å². The maximum atomic E-state index is 13.2. The first-order chi connectivity index (χ1) is 15.6. The summed E-state index contributed by atoms with van der Waals surface area (Å²) in [6.45, 7) is 0.698. The molecule has 4 aromatic rings. The van der Waals surface area contributed by atoms with Gasteiger partial charge in [-0.3, -0.25) is 9.69 Å². The van der Waals surface area contributed by atoms with Gasteiger partial charge in [0.2, 0.25) is 0 Å². The summed E-state index contributed by atoms with van der Waals surface area (Å²) in [5.41, 5.74) is 2.43. The smallest absolute Gasteiger partial charge is 0.257 e. The number of carbonyl (C=O) groups is 1. The van der Waals surface area contributed by atoms with Crippen molar-refractivity contribution in [2.75, 3.05) is 13.6 Å². The highest BCUT2D eigenvalue weighted by Crippen LogP contribution is 2.34. The van der Waals surface area contributed by atoms with Gasteiger partial charge >= 0.3 is 0 Å². The van der Waals surface area contributed by atoms with Crippen LogP contribution in [0.15, 0.2) is 86.9 Å². The topological polar surface area (TPSA) is 82.4 Å². The van der Waals surface area contributed by atoms with Gasteiger partial charge in [0.25, 0.3) is 5.91 Å². The molecule has 0 saturated carbocycles. The lowest BCUT2D eigenvalue weighted by molar-refractivity contribution is -0.134. The van der Waals surface area contributed by atoms with Crippen molar-refractivity contribution in [2.45, 2.75) is 19.0 Å². The second-order valence-electron chi connectivity index (χ2n) is 8.01. The molecule has 1 atom stereocenters. The number of para-hydroxylation sites is 1. The second-order valence-corrected chi connectivity index (χ2v) is 8.01. The van der Waals surface area contributed by atoms with Gasteiger partial charge in [-0.25, -0.2) is 5.01 Å². The Morgan fingerprint density at radius 2 is 2.03 bits per heavy atom. The molecule has 1 aliphatic rings. The van der Waals surface area contributed by atoms with Gasteiger partial charge in [-0.15, -0.1) is 0 Å². The number of hydrazone groups is 1. The fourth-order valence-corrected chi connectivity index (χ4v) is 4.04. The standard InChI is InChI=1S/C25H23N3O4/c1-27(15-17-6-4-8-19(29)12-17)16-25(30)28-21(23-10-5-11-31-23)14-20(26-28)24-13-18-7-2-3-9-22(18)32-24/h2-13,21,29H,14-16H2,1H3. The van der Waals surface area contributed by atoms with Gasteiger partial charge in [-0.2, -0.15) is 5.10 Å². The summed E-state index contributed by atoms with van der Waals surface area (Å²) in [5, 5.41) is 16.8. The molecule has 0 aliphatic carbocycles. The molecule has 5 rings (SSSR count). The Balaban J connectivity index is 1.37. The molecule has 0 spiro atoms. The molecule has 0 saturated heterocycles. The van der Waals surface area contributed by atoms with E-state index in [4.69, 9.17) is 8.83 Å². The number of aromatic hydroxyl groups is 1. The van der Waals surface area contributed by atoms with Crippen molar-refractivity contribution in [3.8, 4) is 5.75 Å². The summed E-state index contributed by atoms with van der Waals surface area (Å²) in [6.07, 6.45) is 2.11. The molecule has 162 valence electrons. The summed E-state index contributed by atoms with van der Waals surface area (Å²) >= 11 is 0. The first-order valence-electron chi connectivity index (χ1n) is 10.4. The highest BCUT2D eigenvalue weighted by Gasteiger charge is 2.36. The van der Waals surface area contributed by atoms with E-state index >= 15 is 0 Å². The van der Waals surface area contributed by atoms with E-state index in [0.29, 0.717) is 30.2 Å². The predicted molar refractivity (Wildman–Crippen MR) is 120 cm³/mol. The first-order valence-corrected chi connectivity index (χ1v) is 10.4. The third-order valence-electron chi connectivity index (χ3n) is 5.52. The van der Waals surface area contributed by atoms with Crippen molar-refractivity contribution in [3.05, 3.63) is 90.1 Å². The van der Waals surface area contributed by atoms with E-state index in [-0.39, 0.29) is 24.2 Å². The second kappa shape index (κ2) is 8.36. The van der Waals surface area contributed by atoms with Crippen LogP contribution in [0.25, 0.3) is 11.0 Å². The molecule has 1 aliphatic heterocycles. The zero-order valence-electron chi connectivity index (χ0n) is 17.6. The van der Waals surface area contributed by atoms with Gasteiger partial charge in [0.05, 0.1) is 12.8 Å². The van der Waals surface area contributed by atoms with Gasteiger partial charge in [-0.05, 0) is 49.0 Å². The Labute approximate surface area is 185 Å². The summed E-state index contributed by atoms with van der Waals surface area (Å²) < 4.78 is 11.6. The minimum absolute atomic E-state index is 0.139. The number of nitrogens with zero attached hydrogens (tertiary/aromatic N) is 3. The minimum Gasteiger partial charge on any atom is -0.508 e. The summed E-state index contributed by atoms with van der Waals surface area (Å²) in [5.74, 6) is 1.41. The molecule has 2 aromatic carbocycles. The molecule has 2 aromatic heterocycles. The number of hydrogen-bond donors (Lipinski definition) is 1. The van der Waals surface area contributed by atoms with E-state index in [9.17, 15) is 9.90 Å². The number of benzene rings is 2. The molecule has 0 fully saturated rings. The van der Waals surface area contributed by atoms with Crippen LogP contribution in [0.1, 0.15) is 29.5 Å². The monoisotopic (exact) mass is 429 g/mol. The molecule has 0 radical (unpaired) electrons. The van der Waals surface area contributed by atoms with E-state index in [1.807, 2.05) is 60.5 Å². The van der Waals surface area contributed by atoms with E-state index in [0.717, 1.165) is 16.5 Å². The van der Waals surface area contributed by atoms with Crippen LogP contribution in [-0.4, -0.2) is 40.2 Å². The fraction of sp³-hybridized carbons (Fsp3) is 0.200. The largest absolute Gasteiger partial charge is 0.508 e.